The van der Waals surface area contributed by atoms with Crippen LogP contribution in [0, 0.1) is 0 Å². The minimum absolute atomic E-state index is 0.0403. The minimum Gasteiger partial charge on any atom is -0.481 e. The largest absolute Gasteiger partial charge is 0.481 e. The summed E-state index contributed by atoms with van der Waals surface area (Å²) < 4.78 is 5.28. The number of carboxylic acid groups (broad SMARTS) is 1. The van der Waals surface area contributed by atoms with Crippen LogP contribution in [0.2, 0.25) is 0 Å². The van der Waals surface area contributed by atoms with E-state index in [0.717, 1.165) is 10.5 Å². The molecule has 1 aliphatic heterocycles. The van der Waals surface area contributed by atoms with E-state index < -0.39 is 5.97 Å². The van der Waals surface area contributed by atoms with Crippen LogP contribution < -0.4 is 0 Å². The minimum atomic E-state index is -0.910. The molecule has 6 heteroatoms. The molecule has 1 heterocycles. The predicted octanol–water partition coefficient (Wildman–Crippen LogP) is 1.65. The van der Waals surface area contributed by atoms with Crippen molar-refractivity contribution in [3.63, 3.8) is 0 Å². The molecular formula is C15H19NO4S. The molecule has 1 saturated heterocycles. The van der Waals surface area contributed by atoms with Crippen LogP contribution in [-0.4, -0.2) is 53.9 Å². The first kappa shape index (κ1) is 15.9. The highest BCUT2D eigenvalue weighted by atomic mass is 32.2. The number of morpholine rings is 1. The van der Waals surface area contributed by atoms with E-state index in [1.165, 1.54) is 0 Å². The molecule has 0 aromatic heterocycles. The van der Waals surface area contributed by atoms with Crippen LogP contribution in [0.3, 0.4) is 0 Å². The molecule has 1 amide bonds. The highest BCUT2D eigenvalue weighted by molar-refractivity contribution is 7.98. The molecule has 0 bridgehead atoms. The van der Waals surface area contributed by atoms with Gasteiger partial charge >= 0.3 is 5.97 Å². The Morgan fingerprint density at radius 3 is 2.71 bits per heavy atom. The van der Waals surface area contributed by atoms with E-state index in [1.54, 1.807) is 16.7 Å². The zero-order valence-corrected chi connectivity index (χ0v) is 12.8. The maximum Gasteiger partial charge on any atom is 0.305 e. The number of hydrogen-bond acceptors (Lipinski definition) is 4. The van der Waals surface area contributed by atoms with Crippen molar-refractivity contribution in [3.05, 3.63) is 29.8 Å². The maximum atomic E-state index is 12.4. The van der Waals surface area contributed by atoms with Gasteiger partial charge in [-0.2, -0.15) is 0 Å². The number of benzene rings is 1. The molecule has 0 radical (unpaired) electrons. The number of aliphatic carboxylic acids is 1. The number of carbonyl (C=O) groups excluding carboxylic acids is 1. The van der Waals surface area contributed by atoms with Gasteiger partial charge in [0.1, 0.15) is 0 Å². The van der Waals surface area contributed by atoms with Crippen molar-refractivity contribution in [1.82, 2.24) is 4.90 Å². The smallest absolute Gasteiger partial charge is 0.305 e. The number of carbonyl (C=O) groups is 2. The van der Waals surface area contributed by atoms with E-state index in [-0.39, 0.29) is 18.4 Å². The van der Waals surface area contributed by atoms with Crippen molar-refractivity contribution in [1.29, 1.82) is 0 Å². The summed E-state index contributed by atoms with van der Waals surface area (Å²) in [5.41, 5.74) is 0.943. The topological polar surface area (TPSA) is 66.8 Å². The van der Waals surface area contributed by atoms with E-state index in [4.69, 9.17) is 9.84 Å². The van der Waals surface area contributed by atoms with Gasteiger partial charge in [-0.05, 0) is 24.0 Å². The Morgan fingerprint density at radius 2 is 2.10 bits per heavy atom. The number of rotatable bonds is 5. The van der Waals surface area contributed by atoms with Gasteiger partial charge in [0.05, 0.1) is 32.1 Å². The zero-order valence-electron chi connectivity index (χ0n) is 11.9. The molecule has 0 spiro atoms. The number of hydrogen-bond donors (Lipinski definition) is 1. The van der Waals surface area contributed by atoms with Gasteiger partial charge in [0.25, 0.3) is 0 Å². The summed E-state index contributed by atoms with van der Waals surface area (Å²) in [6.45, 7) is 1.22. The molecule has 1 unspecified atom stereocenters. The van der Waals surface area contributed by atoms with E-state index in [2.05, 4.69) is 0 Å². The van der Waals surface area contributed by atoms with Crippen molar-refractivity contribution in [2.45, 2.75) is 23.8 Å². The van der Waals surface area contributed by atoms with Gasteiger partial charge in [-0.1, -0.05) is 12.1 Å². The molecule has 0 saturated carbocycles. The molecule has 1 aromatic rings. The van der Waals surface area contributed by atoms with E-state index >= 15 is 0 Å². The summed E-state index contributed by atoms with van der Waals surface area (Å²) in [7, 11) is 0. The highest BCUT2D eigenvalue weighted by Gasteiger charge is 2.28. The third-order valence-corrected chi connectivity index (χ3v) is 4.22. The SMILES string of the molecule is CSc1ccc(CC(=O)N2CCOCC2CC(=O)O)cc1. The second-order valence-electron chi connectivity index (χ2n) is 4.94. The summed E-state index contributed by atoms with van der Waals surface area (Å²) in [6, 6.07) is 7.49. The molecule has 5 nitrogen and oxygen atoms in total. The molecule has 0 aliphatic carbocycles. The van der Waals surface area contributed by atoms with Crippen LogP contribution in [0.15, 0.2) is 29.2 Å². The van der Waals surface area contributed by atoms with Crippen LogP contribution in [-0.2, 0) is 20.7 Å². The molecule has 114 valence electrons. The highest BCUT2D eigenvalue weighted by Crippen LogP contribution is 2.17. The number of amides is 1. The third kappa shape index (κ3) is 4.47. The molecule has 21 heavy (non-hydrogen) atoms. The van der Waals surface area contributed by atoms with Gasteiger partial charge < -0.3 is 14.7 Å². The monoisotopic (exact) mass is 309 g/mol. The van der Waals surface area contributed by atoms with Crippen LogP contribution in [0.5, 0.6) is 0 Å². The Balaban J connectivity index is 2.00. The normalized spacial score (nSPS) is 18.5. The number of nitrogens with zero attached hydrogens (tertiary/aromatic N) is 1. The van der Waals surface area contributed by atoms with E-state index in [9.17, 15) is 9.59 Å². The van der Waals surface area contributed by atoms with Crippen molar-refractivity contribution in [3.8, 4) is 0 Å². The Kier molecular flexibility index (Phi) is 5.64. The fourth-order valence-electron chi connectivity index (χ4n) is 2.37. The van der Waals surface area contributed by atoms with Gasteiger partial charge in [-0.25, -0.2) is 0 Å². The fraction of sp³-hybridized carbons (Fsp3) is 0.467. The first-order valence-corrected chi connectivity index (χ1v) is 8.04. The van der Waals surface area contributed by atoms with Crippen LogP contribution in [0.4, 0.5) is 0 Å². The van der Waals surface area contributed by atoms with Crippen molar-refractivity contribution >= 4 is 23.6 Å². The second kappa shape index (κ2) is 7.47. The lowest BCUT2D eigenvalue weighted by atomic mass is 10.1. The Hall–Kier alpha value is -1.53. The van der Waals surface area contributed by atoms with Crippen LogP contribution >= 0.6 is 11.8 Å². The predicted molar refractivity (Wildman–Crippen MR) is 80.5 cm³/mol. The maximum absolute atomic E-state index is 12.4. The summed E-state index contributed by atoms with van der Waals surface area (Å²) in [5.74, 6) is -0.950. The van der Waals surface area contributed by atoms with Gasteiger partial charge in [0.15, 0.2) is 0 Å². The van der Waals surface area contributed by atoms with E-state index in [0.29, 0.717) is 26.2 Å². The zero-order chi connectivity index (χ0) is 15.2. The molecule has 2 rings (SSSR count). The number of ether oxygens (including phenoxy) is 1. The lowest BCUT2D eigenvalue weighted by Crippen LogP contribution is -2.50. The molecule has 1 atom stereocenters. The summed E-state index contributed by atoms with van der Waals surface area (Å²) in [6.07, 6.45) is 2.23. The number of carboxylic acids is 1. The fourth-order valence-corrected chi connectivity index (χ4v) is 2.78. The van der Waals surface area contributed by atoms with Crippen molar-refractivity contribution in [2.24, 2.45) is 0 Å². The van der Waals surface area contributed by atoms with Crippen LogP contribution in [0.1, 0.15) is 12.0 Å². The van der Waals surface area contributed by atoms with Crippen molar-refractivity contribution in [2.75, 3.05) is 26.0 Å². The summed E-state index contributed by atoms with van der Waals surface area (Å²) >= 11 is 1.65. The average Bonchev–Trinajstić information content (AvgIpc) is 2.48. The Morgan fingerprint density at radius 1 is 1.38 bits per heavy atom. The first-order chi connectivity index (χ1) is 10.1. The van der Waals surface area contributed by atoms with Crippen molar-refractivity contribution < 1.29 is 19.4 Å². The molecule has 1 aromatic carbocycles. The Bertz CT molecular complexity index is 503. The molecule has 1 aliphatic rings. The van der Waals surface area contributed by atoms with Crippen LogP contribution in [0.25, 0.3) is 0 Å². The lowest BCUT2D eigenvalue weighted by Gasteiger charge is -2.35. The molecule has 1 N–H and O–H groups in total. The van der Waals surface area contributed by atoms with Gasteiger partial charge in [0, 0.05) is 11.4 Å². The third-order valence-electron chi connectivity index (χ3n) is 3.47. The van der Waals surface area contributed by atoms with E-state index in [1.807, 2.05) is 30.5 Å². The molecule has 1 fully saturated rings. The quantitative estimate of drug-likeness (QED) is 0.838. The second-order valence-corrected chi connectivity index (χ2v) is 5.82. The summed E-state index contributed by atoms with van der Waals surface area (Å²) in [4.78, 5) is 26.0. The average molecular weight is 309 g/mol. The standard InChI is InChI=1S/C15H19NO4S/c1-21-13-4-2-11(3-5-13)8-14(17)16-6-7-20-10-12(16)9-15(18)19/h2-5,12H,6-10H2,1H3,(H,18,19). The van der Waals surface area contributed by atoms with Gasteiger partial charge in [0.2, 0.25) is 5.91 Å². The summed E-state index contributed by atoms with van der Waals surface area (Å²) in [5, 5.41) is 8.92. The first-order valence-electron chi connectivity index (χ1n) is 6.82. The lowest BCUT2D eigenvalue weighted by molar-refractivity contribution is -0.145. The Labute approximate surface area is 128 Å². The molecular weight excluding hydrogens is 290 g/mol. The van der Waals surface area contributed by atoms with Gasteiger partial charge in [-0.3, -0.25) is 9.59 Å². The van der Waals surface area contributed by atoms with Gasteiger partial charge in [-0.15, -0.1) is 11.8 Å². The number of thioether (sulfide) groups is 1.